The average molecular weight is 282 g/mol. The van der Waals surface area contributed by atoms with Gasteiger partial charge in [-0.15, -0.1) is 0 Å². The number of hydrogen-bond acceptors (Lipinski definition) is 2. The van der Waals surface area contributed by atoms with Crippen LogP contribution in [-0.2, 0) is 12.8 Å². The van der Waals surface area contributed by atoms with Crippen molar-refractivity contribution in [1.82, 2.24) is 0 Å². The van der Waals surface area contributed by atoms with Crippen molar-refractivity contribution in [2.75, 3.05) is 18.5 Å². The quantitative estimate of drug-likeness (QED) is 0.840. The molecule has 2 nitrogen and oxygen atoms in total. The van der Waals surface area contributed by atoms with Gasteiger partial charge in [-0.25, -0.2) is 0 Å². The fourth-order valence-electron chi connectivity index (χ4n) is 2.54. The van der Waals surface area contributed by atoms with Crippen LogP contribution in [0.1, 0.15) is 24.5 Å². The van der Waals surface area contributed by atoms with Crippen molar-refractivity contribution < 1.29 is 0 Å². The van der Waals surface area contributed by atoms with Crippen LogP contribution in [0.15, 0.2) is 54.6 Å². The van der Waals surface area contributed by atoms with Gasteiger partial charge in [-0.1, -0.05) is 55.5 Å². The third kappa shape index (κ3) is 4.61. The fourth-order valence-corrected chi connectivity index (χ4v) is 2.54. The SMILES string of the molecule is CCC(N)Cc1ccccc1N(C)CCc1ccccc1. The van der Waals surface area contributed by atoms with Gasteiger partial charge in [0.25, 0.3) is 0 Å². The fraction of sp³-hybridized carbons (Fsp3) is 0.368. The van der Waals surface area contributed by atoms with Crippen molar-refractivity contribution in [1.29, 1.82) is 0 Å². The highest BCUT2D eigenvalue weighted by Gasteiger charge is 2.09. The van der Waals surface area contributed by atoms with Crippen LogP contribution in [0.4, 0.5) is 5.69 Å². The minimum absolute atomic E-state index is 0.244. The molecule has 0 aliphatic heterocycles. The Balaban J connectivity index is 2.03. The van der Waals surface area contributed by atoms with Crippen molar-refractivity contribution in [3.05, 3.63) is 65.7 Å². The van der Waals surface area contributed by atoms with Gasteiger partial charge in [0, 0.05) is 25.3 Å². The Kier molecular flexibility index (Phi) is 5.82. The zero-order valence-corrected chi connectivity index (χ0v) is 13.1. The van der Waals surface area contributed by atoms with Crippen molar-refractivity contribution >= 4 is 5.69 Å². The molecule has 0 heterocycles. The largest absolute Gasteiger partial charge is 0.374 e. The van der Waals surface area contributed by atoms with Crippen LogP contribution >= 0.6 is 0 Å². The number of para-hydroxylation sites is 1. The Hall–Kier alpha value is -1.80. The lowest BCUT2D eigenvalue weighted by Gasteiger charge is -2.23. The molecule has 0 aliphatic carbocycles. The van der Waals surface area contributed by atoms with Gasteiger partial charge in [0.05, 0.1) is 0 Å². The van der Waals surface area contributed by atoms with E-state index in [9.17, 15) is 0 Å². The summed E-state index contributed by atoms with van der Waals surface area (Å²) in [6, 6.07) is 19.5. The molecule has 2 aromatic rings. The highest BCUT2D eigenvalue weighted by molar-refractivity contribution is 5.53. The summed E-state index contributed by atoms with van der Waals surface area (Å²) in [5.74, 6) is 0. The van der Waals surface area contributed by atoms with Crippen LogP contribution in [0.5, 0.6) is 0 Å². The molecule has 2 N–H and O–H groups in total. The van der Waals surface area contributed by atoms with Gasteiger partial charge in [-0.3, -0.25) is 0 Å². The van der Waals surface area contributed by atoms with E-state index in [0.717, 1.165) is 25.8 Å². The Morgan fingerprint density at radius 1 is 1.00 bits per heavy atom. The van der Waals surface area contributed by atoms with Crippen LogP contribution in [0.2, 0.25) is 0 Å². The molecule has 0 amide bonds. The predicted octanol–water partition coefficient (Wildman–Crippen LogP) is 3.65. The summed E-state index contributed by atoms with van der Waals surface area (Å²) in [5, 5.41) is 0. The molecule has 0 radical (unpaired) electrons. The molecule has 0 saturated carbocycles. The number of likely N-dealkylation sites (N-methyl/N-ethyl adjacent to an activating group) is 1. The number of anilines is 1. The first-order chi connectivity index (χ1) is 10.2. The summed E-state index contributed by atoms with van der Waals surface area (Å²) in [4.78, 5) is 2.34. The molecule has 0 aliphatic rings. The smallest absolute Gasteiger partial charge is 0.0396 e. The molecule has 0 bridgehead atoms. The van der Waals surface area contributed by atoms with Crippen molar-refractivity contribution in [2.24, 2.45) is 5.73 Å². The van der Waals surface area contributed by atoms with Crippen molar-refractivity contribution in [2.45, 2.75) is 32.2 Å². The van der Waals surface area contributed by atoms with Crippen molar-refractivity contribution in [3.8, 4) is 0 Å². The molecule has 0 saturated heterocycles. The molecular formula is C19H26N2. The van der Waals surface area contributed by atoms with Gasteiger partial charge >= 0.3 is 0 Å². The maximum absolute atomic E-state index is 6.12. The van der Waals surface area contributed by atoms with Crippen LogP contribution in [0.3, 0.4) is 0 Å². The molecule has 2 aromatic carbocycles. The first kappa shape index (κ1) is 15.6. The second-order valence-corrected chi connectivity index (χ2v) is 5.66. The lowest BCUT2D eigenvalue weighted by atomic mass is 10.0. The molecule has 2 rings (SSSR count). The van der Waals surface area contributed by atoms with Crippen LogP contribution in [0.25, 0.3) is 0 Å². The molecule has 112 valence electrons. The number of benzene rings is 2. The first-order valence-electron chi connectivity index (χ1n) is 7.79. The van der Waals surface area contributed by atoms with E-state index in [1.807, 2.05) is 0 Å². The average Bonchev–Trinajstić information content (AvgIpc) is 2.54. The maximum atomic E-state index is 6.12. The van der Waals surface area contributed by atoms with Crippen LogP contribution in [0, 0.1) is 0 Å². The normalized spacial score (nSPS) is 12.1. The van der Waals surface area contributed by atoms with E-state index in [4.69, 9.17) is 5.73 Å². The highest BCUT2D eigenvalue weighted by atomic mass is 15.1. The summed E-state index contributed by atoms with van der Waals surface area (Å²) < 4.78 is 0. The Bertz CT molecular complexity index is 536. The topological polar surface area (TPSA) is 29.3 Å². The van der Waals surface area contributed by atoms with Gasteiger partial charge in [0.1, 0.15) is 0 Å². The Labute approximate surface area is 128 Å². The van der Waals surface area contributed by atoms with E-state index < -0.39 is 0 Å². The second kappa shape index (κ2) is 7.84. The number of nitrogens with two attached hydrogens (primary N) is 1. The number of hydrogen-bond donors (Lipinski definition) is 1. The van der Waals surface area contributed by atoms with Gasteiger partial charge in [0.2, 0.25) is 0 Å². The molecular weight excluding hydrogens is 256 g/mol. The third-order valence-corrected chi connectivity index (χ3v) is 3.99. The minimum atomic E-state index is 0.244. The summed E-state index contributed by atoms with van der Waals surface area (Å²) in [6.07, 6.45) is 3.02. The summed E-state index contributed by atoms with van der Waals surface area (Å²) in [5.41, 5.74) is 10.2. The van der Waals surface area contributed by atoms with E-state index in [1.54, 1.807) is 0 Å². The van der Waals surface area contributed by atoms with Gasteiger partial charge in [-0.2, -0.15) is 0 Å². The van der Waals surface area contributed by atoms with E-state index in [2.05, 4.69) is 73.5 Å². The molecule has 1 unspecified atom stereocenters. The maximum Gasteiger partial charge on any atom is 0.0396 e. The summed E-state index contributed by atoms with van der Waals surface area (Å²) in [6.45, 7) is 3.16. The highest BCUT2D eigenvalue weighted by Crippen LogP contribution is 2.21. The van der Waals surface area contributed by atoms with Gasteiger partial charge in [0.15, 0.2) is 0 Å². The standard InChI is InChI=1S/C19H26N2/c1-3-18(20)15-17-11-7-8-12-19(17)21(2)14-13-16-9-5-4-6-10-16/h4-12,18H,3,13-15,20H2,1-2H3. The second-order valence-electron chi connectivity index (χ2n) is 5.66. The molecule has 0 spiro atoms. The molecule has 1 atom stereocenters. The van der Waals surface area contributed by atoms with E-state index in [1.165, 1.54) is 16.8 Å². The van der Waals surface area contributed by atoms with E-state index in [-0.39, 0.29) is 6.04 Å². The molecule has 0 aromatic heterocycles. The lowest BCUT2D eigenvalue weighted by Crippen LogP contribution is -2.25. The summed E-state index contributed by atoms with van der Waals surface area (Å²) in [7, 11) is 2.17. The first-order valence-corrected chi connectivity index (χ1v) is 7.79. The van der Waals surface area contributed by atoms with Crippen molar-refractivity contribution in [3.63, 3.8) is 0 Å². The number of rotatable bonds is 7. The number of nitrogens with zero attached hydrogens (tertiary/aromatic N) is 1. The predicted molar refractivity (Wildman–Crippen MR) is 91.8 cm³/mol. The van der Waals surface area contributed by atoms with E-state index >= 15 is 0 Å². The molecule has 0 fully saturated rings. The molecule has 21 heavy (non-hydrogen) atoms. The van der Waals surface area contributed by atoms with Crippen LogP contribution in [-0.4, -0.2) is 19.6 Å². The zero-order valence-electron chi connectivity index (χ0n) is 13.1. The minimum Gasteiger partial charge on any atom is -0.374 e. The molecule has 2 heteroatoms. The Morgan fingerprint density at radius 3 is 2.38 bits per heavy atom. The summed E-state index contributed by atoms with van der Waals surface area (Å²) >= 11 is 0. The van der Waals surface area contributed by atoms with Gasteiger partial charge in [-0.05, 0) is 36.5 Å². The lowest BCUT2D eigenvalue weighted by molar-refractivity contribution is 0.645. The third-order valence-electron chi connectivity index (χ3n) is 3.99. The zero-order chi connectivity index (χ0) is 15.1. The van der Waals surface area contributed by atoms with E-state index in [0.29, 0.717) is 0 Å². The monoisotopic (exact) mass is 282 g/mol. The van der Waals surface area contributed by atoms with Gasteiger partial charge < -0.3 is 10.6 Å². The van der Waals surface area contributed by atoms with Crippen LogP contribution < -0.4 is 10.6 Å². The Morgan fingerprint density at radius 2 is 1.67 bits per heavy atom.